The summed E-state index contributed by atoms with van der Waals surface area (Å²) in [5.74, 6) is -0.0861. The molecule has 0 aliphatic heterocycles. The summed E-state index contributed by atoms with van der Waals surface area (Å²) in [6.07, 6.45) is 0. The number of rotatable bonds is 6. The minimum absolute atomic E-state index is 0.171. The van der Waals surface area contributed by atoms with Gasteiger partial charge in [-0.15, -0.1) is 0 Å². The first kappa shape index (κ1) is 20.3. The molecule has 3 aromatic carbocycles. The second-order valence-corrected chi connectivity index (χ2v) is 7.11. The van der Waals surface area contributed by atoms with Crippen molar-refractivity contribution in [2.24, 2.45) is 0 Å². The summed E-state index contributed by atoms with van der Waals surface area (Å²) in [4.78, 5) is 35.0. The maximum Gasteiger partial charge on any atom is 0.344 e. The molecule has 31 heavy (non-hydrogen) atoms. The van der Waals surface area contributed by atoms with Crippen molar-refractivity contribution in [2.45, 2.75) is 0 Å². The van der Waals surface area contributed by atoms with Crippen LogP contribution in [0.1, 0.15) is 10.4 Å². The van der Waals surface area contributed by atoms with E-state index in [0.717, 1.165) is 0 Å². The lowest BCUT2D eigenvalue weighted by Gasteiger charge is -2.07. The first-order valence-electron chi connectivity index (χ1n) is 9.15. The largest absolute Gasteiger partial charge is 0.485 e. The molecule has 0 saturated carbocycles. The smallest absolute Gasteiger partial charge is 0.344 e. The molecule has 1 heterocycles. The fraction of sp³-hybridized carbons (Fsp3) is 0.0435. The van der Waals surface area contributed by atoms with Crippen molar-refractivity contribution in [3.8, 4) is 16.9 Å². The molecule has 0 amide bonds. The van der Waals surface area contributed by atoms with Gasteiger partial charge in [0.05, 0.1) is 10.5 Å². The average molecular weight is 436 g/mol. The Morgan fingerprint density at radius 3 is 2.55 bits per heavy atom. The molecule has 0 N–H and O–H groups in total. The Morgan fingerprint density at radius 2 is 1.81 bits per heavy atom. The molecule has 0 aliphatic carbocycles. The average Bonchev–Trinajstić information content (AvgIpc) is 2.77. The molecular formula is C23H14ClNO6. The minimum Gasteiger partial charge on any atom is -0.485 e. The van der Waals surface area contributed by atoms with Gasteiger partial charge in [-0.3, -0.25) is 14.9 Å². The molecule has 4 aromatic rings. The van der Waals surface area contributed by atoms with Crippen LogP contribution in [0, 0.1) is 10.1 Å². The highest BCUT2D eigenvalue weighted by molar-refractivity contribution is 6.30. The number of non-ortho nitro benzene ring substituents is 1. The molecule has 8 heteroatoms. The molecule has 0 bridgehead atoms. The van der Waals surface area contributed by atoms with Gasteiger partial charge in [-0.05, 0) is 35.9 Å². The van der Waals surface area contributed by atoms with Crippen LogP contribution in [0.25, 0.3) is 22.1 Å². The number of fused-ring (bicyclic) bond motifs is 1. The normalized spacial score (nSPS) is 10.7. The monoisotopic (exact) mass is 435 g/mol. The summed E-state index contributed by atoms with van der Waals surface area (Å²) in [5.41, 5.74) is 0.883. The van der Waals surface area contributed by atoms with Gasteiger partial charge in [0.15, 0.2) is 12.4 Å². The van der Waals surface area contributed by atoms with Gasteiger partial charge in [-0.2, -0.15) is 0 Å². The van der Waals surface area contributed by atoms with E-state index in [1.807, 2.05) is 0 Å². The van der Waals surface area contributed by atoms with E-state index in [1.54, 1.807) is 42.5 Å². The highest BCUT2D eigenvalue weighted by atomic mass is 35.5. The molecule has 0 spiro atoms. The van der Waals surface area contributed by atoms with Crippen molar-refractivity contribution in [2.75, 3.05) is 6.61 Å². The Bertz CT molecular complexity index is 1360. The number of nitrogens with zero attached hydrogens (tertiary/aromatic N) is 1. The van der Waals surface area contributed by atoms with Crippen molar-refractivity contribution in [1.29, 1.82) is 0 Å². The zero-order valence-corrected chi connectivity index (χ0v) is 16.7. The SMILES string of the molecule is O=C(COc1ccc2cc(-c3ccc(Cl)cc3)c(=O)oc2c1)c1cccc([N+](=O)[O-])c1. The predicted molar refractivity (Wildman–Crippen MR) is 116 cm³/mol. The molecule has 0 radical (unpaired) electrons. The third-order valence-corrected chi connectivity index (χ3v) is 4.86. The van der Waals surface area contributed by atoms with Crippen molar-refractivity contribution < 1.29 is 18.9 Å². The van der Waals surface area contributed by atoms with Gasteiger partial charge in [0.1, 0.15) is 11.3 Å². The Labute approximate surface area is 180 Å². The van der Waals surface area contributed by atoms with Crippen molar-refractivity contribution in [1.82, 2.24) is 0 Å². The molecule has 0 atom stereocenters. The second-order valence-electron chi connectivity index (χ2n) is 6.67. The van der Waals surface area contributed by atoms with Crippen LogP contribution in [0.4, 0.5) is 5.69 Å². The zero-order chi connectivity index (χ0) is 22.0. The number of carbonyl (C=O) groups is 1. The maximum atomic E-state index is 12.4. The first-order valence-corrected chi connectivity index (χ1v) is 9.53. The quantitative estimate of drug-likeness (QED) is 0.177. The fourth-order valence-corrected chi connectivity index (χ4v) is 3.16. The molecule has 154 valence electrons. The van der Waals surface area contributed by atoms with Gasteiger partial charge < -0.3 is 9.15 Å². The highest BCUT2D eigenvalue weighted by Gasteiger charge is 2.13. The predicted octanol–water partition coefficient (Wildman–Crippen LogP) is 5.28. The van der Waals surface area contributed by atoms with Crippen LogP contribution in [-0.2, 0) is 0 Å². The molecule has 0 saturated heterocycles. The van der Waals surface area contributed by atoms with E-state index in [1.165, 1.54) is 30.3 Å². The standard InChI is InChI=1S/C23H14ClNO6/c24-17-7-4-14(5-8-17)20-11-16-6-9-19(12-22(16)31-23(20)27)30-13-21(26)15-2-1-3-18(10-15)25(28)29/h1-12H,13H2. The van der Waals surface area contributed by atoms with Gasteiger partial charge in [-0.1, -0.05) is 35.9 Å². The molecule has 7 nitrogen and oxygen atoms in total. The number of nitro groups is 1. The Balaban J connectivity index is 1.54. The Morgan fingerprint density at radius 1 is 1.03 bits per heavy atom. The summed E-state index contributed by atoms with van der Waals surface area (Å²) in [5, 5.41) is 12.1. The van der Waals surface area contributed by atoms with E-state index in [9.17, 15) is 19.7 Å². The zero-order valence-electron chi connectivity index (χ0n) is 15.9. The first-order chi connectivity index (χ1) is 14.9. The van der Waals surface area contributed by atoms with Gasteiger partial charge in [0, 0.05) is 34.2 Å². The van der Waals surface area contributed by atoms with Crippen LogP contribution in [0.15, 0.2) is 82.0 Å². The fourth-order valence-electron chi connectivity index (χ4n) is 3.04. The third kappa shape index (κ3) is 4.46. The lowest BCUT2D eigenvalue weighted by Crippen LogP contribution is -2.12. The van der Waals surface area contributed by atoms with E-state index in [0.29, 0.717) is 32.9 Å². The number of benzene rings is 3. The maximum absolute atomic E-state index is 12.4. The van der Waals surface area contributed by atoms with E-state index < -0.39 is 16.3 Å². The summed E-state index contributed by atoms with van der Waals surface area (Å²) in [6, 6.07) is 18.9. The van der Waals surface area contributed by atoms with Gasteiger partial charge in [-0.25, -0.2) is 4.79 Å². The van der Waals surface area contributed by atoms with E-state index >= 15 is 0 Å². The van der Waals surface area contributed by atoms with Crippen LogP contribution in [0.5, 0.6) is 5.75 Å². The summed E-state index contributed by atoms with van der Waals surface area (Å²) in [7, 11) is 0. The topological polar surface area (TPSA) is 99.7 Å². The van der Waals surface area contributed by atoms with Crippen LogP contribution >= 0.6 is 11.6 Å². The van der Waals surface area contributed by atoms with E-state index in [2.05, 4.69) is 0 Å². The molecule has 0 fully saturated rings. The number of ketones is 1. The number of Topliss-reactive ketones (excluding diaryl/α,β-unsaturated/α-hetero) is 1. The molecule has 0 unspecified atom stereocenters. The molecular weight excluding hydrogens is 422 g/mol. The Kier molecular flexibility index (Phi) is 5.51. The number of hydrogen-bond acceptors (Lipinski definition) is 6. The van der Waals surface area contributed by atoms with Crippen LogP contribution in [0.3, 0.4) is 0 Å². The highest BCUT2D eigenvalue weighted by Crippen LogP contribution is 2.25. The Hall–Kier alpha value is -3.97. The molecule has 1 aromatic heterocycles. The van der Waals surface area contributed by atoms with Crippen LogP contribution < -0.4 is 10.4 Å². The van der Waals surface area contributed by atoms with Gasteiger partial charge in [0.25, 0.3) is 5.69 Å². The molecule has 0 aliphatic rings. The van der Waals surface area contributed by atoms with Crippen LogP contribution in [0.2, 0.25) is 5.02 Å². The lowest BCUT2D eigenvalue weighted by molar-refractivity contribution is -0.384. The number of nitro benzene ring substituents is 1. The summed E-state index contributed by atoms with van der Waals surface area (Å²) in [6.45, 7) is -0.320. The summed E-state index contributed by atoms with van der Waals surface area (Å²) >= 11 is 5.89. The number of ether oxygens (including phenoxy) is 1. The van der Waals surface area contributed by atoms with Crippen LogP contribution in [-0.4, -0.2) is 17.3 Å². The molecule has 4 rings (SSSR count). The van der Waals surface area contributed by atoms with E-state index in [-0.39, 0.29) is 17.9 Å². The van der Waals surface area contributed by atoms with E-state index in [4.69, 9.17) is 20.8 Å². The van der Waals surface area contributed by atoms with Gasteiger partial charge >= 0.3 is 5.63 Å². The third-order valence-electron chi connectivity index (χ3n) is 4.61. The lowest BCUT2D eigenvalue weighted by atomic mass is 10.1. The van der Waals surface area contributed by atoms with Crippen molar-refractivity contribution >= 4 is 34.0 Å². The van der Waals surface area contributed by atoms with Gasteiger partial charge in [0.2, 0.25) is 0 Å². The summed E-state index contributed by atoms with van der Waals surface area (Å²) < 4.78 is 10.9. The second kappa shape index (κ2) is 8.41. The minimum atomic E-state index is -0.568. The number of hydrogen-bond donors (Lipinski definition) is 0. The van der Waals surface area contributed by atoms with Crippen molar-refractivity contribution in [3.63, 3.8) is 0 Å². The number of halogens is 1. The number of carbonyl (C=O) groups excluding carboxylic acids is 1. The van der Waals surface area contributed by atoms with Crippen molar-refractivity contribution in [3.05, 3.63) is 104 Å².